The van der Waals surface area contributed by atoms with Gasteiger partial charge in [-0.1, -0.05) is 40.6 Å². The lowest BCUT2D eigenvalue weighted by molar-refractivity contribution is 0.102. The SMILES string of the molecule is Cc1noc2cc(-c3ccccc3)cc(C(=O)Nc3nnc(-c4ccco4)o3)c12. The van der Waals surface area contributed by atoms with Crippen LogP contribution in [-0.4, -0.2) is 21.3 Å². The summed E-state index contributed by atoms with van der Waals surface area (Å²) in [6, 6.07) is 16.7. The van der Waals surface area contributed by atoms with Crippen LogP contribution in [0.15, 0.2) is 74.2 Å². The summed E-state index contributed by atoms with van der Waals surface area (Å²) < 4.78 is 16.1. The smallest absolute Gasteiger partial charge is 0.322 e. The Morgan fingerprint density at radius 1 is 1.00 bits per heavy atom. The van der Waals surface area contributed by atoms with E-state index < -0.39 is 5.91 Å². The first kappa shape index (κ1) is 16.9. The summed E-state index contributed by atoms with van der Waals surface area (Å²) in [5, 5.41) is 15.0. The van der Waals surface area contributed by atoms with Crippen molar-refractivity contribution in [1.29, 1.82) is 0 Å². The number of carbonyl (C=O) groups excluding carboxylic acids is 1. The number of aryl methyl sites for hydroxylation is 1. The summed E-state index contributed by atoms with van der Waals surface area (Å²) in [5.74, 6) is 0.185. The lowest BCUT2D eigenvalue weighted by atomic mass is 9.99. The minimum Gasteiger partial charge on any atom is -0.459 e. The number of anilines is 1. The summed E-state index contributed by atoms with van der Waals surface area (Å²) in [7, 11) is 0. The molecule has 0 aliphatic heterocycles. The minimum atomic E-state index is -0.409. The molecule has 0 unspecified atom stereocenters. The number of benzene rings is 2. The van der Waals surface area contributed by atoms with E-state index in [1.54, 1.807) is 25.1 Å². The Kier molecular flexibility index (Phi) is 3.94. The van der Waals surface area contributed by atoms with Crippen LogP contribution in [0.25, 0.3) is 33.7 Å². The summed E-state index contributed by atoms with van der Waals surface area (Å²) >= 11 is 0. The van der Waals surface area contributed by atoms with Gasteiger partial charge in [-0.25, -0.2) is 0 Å². The Balaban J connectivity index is 1.53. The number of hydrogen-bond donors (Lipinski definition) is 1. The molecule has 2 aromatic carbocycles. The summed E-state index contributed by atoms with van der Waals surface area (Å²) in [4.78, 5) is 13.0. The van der Waals surface area contributed by atoms with E-state index in [2.05, 4.69) is 20.7 Å². The van der Waals surface area contributed by atoms with Crippen molar-refractivity contribution in [2.24, 2.45) is 0 Å². The molecule has 29 heavy (non-hydrogen) atoms. The first-order valence-electron chi connectivity index (χ1n) is 8.83. The van der Waals surface area contributed by atoms with E-state index in [1.807, 2.05) is 36.4 Å². The molecule has 0 saturated carbocycles. The molecule has 0 saturated heterocycles. The highest BCUT2D eigenvalue weighted by atomic mass is 16.5. The van der Waals surface area contributed by atoms with Crippen molar-refractivity contribution in [2.45, 2.75) is 6.92 Å². The van der Waals surface area contributed by atoms with Gasteiger partial charge in [0, 0.05) is 0 Å². The van der Waals surface area contributed by atoms with E-state index in [9.17, 15) is 4.79 Å². The molecule has 0 radical (unpaired) electrons. The molecule has 142 valence electrons. The van der Waals surface area contributed by atoms with Crippen molar-refractivity contribution in [3.05, 3.63) is 72.1 Å². The standard InChI is InChI=1S/C21H14N4O4/c1-12-18-15(10-14(11-17(18)29-25-12)13-6-3-2-4-7-13)19(26)22-21-24-23-20(28-21)16-8-5-9-27-16/h2-11H,1H3,(H,22,24,26). The molecular weight excluding hydrogens is 372 g/mol. The van der Waals surface area contributed by atoms with Gasteiger partial charge >= 0.3 is 6.01 Å². The number of hydrogen-bond acceptors (Lipinski definition) is 7. The zero-order valence-corrected chi connectivity index (χ0v) is 15.2. The van der Waals surface area contributed by atoms with Crippen LogP contribution in [-0.2, 0) is 0 Å². The summed E-state index contributed by atoms with van der Waals surface area (Å²) in [5.41, 5.74) is 3.33. The zero-order valence-electron chi connectivity index (χ0n) is 15.2. The van der Waals surface area contributed by atoms with Crippen molar-refractivity contribution in [3.8, 4) is 22.8 Å². The highest BCUT2D eigenvalue weighted by Crippen LogP contribution is 2.30. The Bertz CT molecular complexity index is 1300. The van der Waals surface area contributed by atoms with Gasteiger partial charge < -0.3 is 13.4 Å². The number of furan rings is 1. The number of amides is 1. The van der Waals surface area contributed by atoms with E-state index in [0.29, 0.717) is 28.0 Å². The molecule has 3 aromatic heterocycles. The monoisotopic (exact) mass is 386 g/mol. The quantitative estimate of drug-likeness (QED) is 0.477. The molecule has 1 amide bonds. The van der Waals surface area contributed by atoms with Crippen LogP contribution in [0.1, 0.15) is 16.1 Å². The van der Waals surface area contributed by atoms with Crippen LogP contribution in [0.5, 0.6) is 0 Å². The molecule has 5 aromatic rings. The molecule has 8 heteroatoms. The summed E-state index contributed by atoms with van der Waals surface area (Å²) in [6.45, 7) is 1.78. The predicted molar refractivity (Wildman–Crippen MR) is 104 cm³/mol. The van der Waals surface area contributed by atoms with Gasteiger partial charge in [0.15, 0.2) is 11.3 Å². The molecule has 0 atom stereocenters. The van der Waals surface area contributed by atoms with Gasteiger partial charge in [0.1, 0.15) is 0 Å². The maximum atomic E-state index is 13.0. The van der Waals surface area contributed by atoms with E-state index in [1.165, 1.54) is 6.26 Å². The number of nitrogens with zero attached hydrogens (tertiary/aromatic N) is 3. The third-order valence-corrected chi connectivity index (χ3v) is 4.47. The lowest BCUT2D eigenvalue weighted by Crippen LogP contribution is -2.13. The molecule has 3 heterocycles. The first-order chi connectivity index (χ1) is 14.2. The van der Waals surface area contributed by atoms with Crippen molar-refractivity contribution < 1.29 is 18.2 Å². The van der Waals surface area contributed by atoms with Crippen molar-refractivity contribution >= 4 is 22.9 Å². The van der Waals surface area contributed by atoms with Gasteiger partial charge in [0.25, 0.3) is 11.8 Å². The molecule has 0 aliphatic carbocycles. The highest BCUT2D eigenvalue weighted by molar-refractivity contribution is 6.13. The molecule has 0 bridgehead atoms. The van der Waals surface area contributed by atoms with Crippen molar-refractivity contribution in [1.82, 2.24) is 15.4 Å². The predicted octanol–water partition coefficient (Wildman–Crippen LogP) is 4.70. The average molecular weight is 386 g/mol. The van der Waals surface area contributed by atoms with E-state index in [0.717, 1.165) is 11.1 Å². The minimum absolute atomic E-state index is 0.0335. The Labute approximate surface area is 164 Å². The lowest BCUT2D eigenvalue weighted by Gasteiger charge is -2.07. The molecule has 0 spiro atoms. The molecule has 0 fully saturated rings. The van der Waals surface area contributed by atoms with Gasteiger partial charge in [0.05, 0.1) is 22.9 Å². The molecule has 0 aliphatic rings. The third-order valence-electron chi connectivity index (χ3n) is 4.47. The Morgan fingerprint density at radius 2 is 1.86 bits per heavy atom. The average Bonchev–Trinajstić information content (AvgIpc) is 3.49. The number of aromatic nitrogens is 3. The maximum absolute atomic E-state index is 13.0. The number of carbonyl (C=O) groups is 1. The molecule has 1 N–H and O–H groups in total. The topological polar surface area (TPSA) is 107 Å². The van der Waals surface area contributed by atoms with Gasteiger partial charge in [-0.05, 0) is 42.3 Å². The second-order valence-electron chi connectivity index (χ2n) is 6.37. The zero-order chi connectivity index (χ0) is 19.8. The van der Waals surface area contributed by atoms with Gasteiger partial charge in [-0.3, -0.25) is 10.1 Å². The van der Waals surface area contributed by atoms with E-state index >= 15 is 0 Å². The fourth-order valence-corrected chi connectivity index (χ4v) is 3.14. The number of fused-ring (bicyclic) bond motifs is 1. The third kappa shape index (κ3) is 3.06. The normalized spacial score (nSPS) is 11.1. The fraction of sp³-hybridized carbons (Fsp3) is 0.0476. The second kappa shape index (κ2) is 6.75. The van der Waals surface area contributed by atoms with Crippen LogP contribution < -0.4 is 5.32 Å². The first-order valence-corrected chi connectivity index (χ1v) is 8.83. The van der Waals surface area contributed by atoms with Crippen LogP contribution in [0.2, 0.25) is 0 Å². The summed E-state index contributed by atoms with van der Waals surface area (Å²) in [6.07, 6.45) is 1.50. The van der Waals surface area contributed by atoms with Gasteiger partial charge in [-0.15, -0.1) is 5.10 Å². The van der Waals surface area contributed by atoms with Crippen molar-refractivity contribution in [3.63, 3.8) is 0 Å². The maximum Gasteiger partial charge on any atom is 0.322 e. The van der Waals surface area contributed by atoms with E-state index in [4.69, 9.17) is 13.4 Å². The molecule has 5 rings (SSSR count). The largest absolute Gasteiger partial charge is 0.459 e. The van der Waals surface area contributed by atoms with Crippen LogP contribution in [0.3, 0.4) is 0 Å². The van der Waals surface area contributed by atoms with Gasteiger partial charge in [0.2, 0.25) is 0 Å². The van der Waals surface area contributed by atoms with Crippen LogP contribution >= 0.6 is 0 Å². The Morgan fingerprint density at radius 3 is 2.66 bits per heavy atom. The fourth-order valence-electron chi connectivity index (χ4n) is 3.14. The number of nitrogens with one attached hydrogen (secondary N) is 1. The Hall–Kier alpha value is -4.20. The van der Waals surface area contributed by atoms with Gasteiger partial charge in [-0.2, -0.15) is 0 Å². The molecule has 8 nitrogen and oxygen atoms in total. The molecular formula is C21H14N4O4. The van der Waals surface area contributed by atoms with Crippen molar-refractivity contribution in [2.75, 3.05) is 5.32 Å². The number of rotatable bonds is 4. The van der Waals surface area contributed by atoms with E-state index in [-0.39, 0.29) is 11.9 Å². The van der Waals surface area contributed by atoms with Crippen LogP contribution in [0.4, 0.5) is 6.01 Å². The van der Waals surface area contributed by atoms with Crippen LogP contribution in [0, 0.1) is 6.92 Å². The highest BCUT2D eigenvalue weighted by Gasteiger charge is 2.20. The second-order valence-corrected chi connectivity index (χ2v) is 6.37.